The molecule has 20 heavy (non-hydrogen) atoms. The Morgan fingerprint density at radius 3 is 2.55 bits per heavy atom. The van der Waals surface area contributed by atoms with Crippen LogP contribution in [0, 0.1) is 5.92 Å². The van der Waals surface area contributed by atoms with E-state index in [0.29, 0.717) is 23.9 Å². The summed E-state index contributed by atoms with van der Waals surface area (Å²) in [6, 6.07) is 7.35. The number of hydrogen-bond acceptors (Lipinski definition) is 3. The molecule has 0 spiro atoms. The van der Waals surface area contributed by atoms with Crippen molar-refractivity contribution in [2.75, 3.05) is 26.7 Å². The highest BCUT2D eigenvalue weighted by Crippen LogP contribution is 2.24. The highest BCUT2D eigenvalue weighted by Gasteiger charge is 2.30. The fourth-order valence-corrected chi connectivity index (χ4v) is 4.13. The third kappa shape index (κ3) is 3.59. The van der Waals surface area contributed by atoms with Crippen molar-refractivity contribution in [3.8, 4) is 0 Å². The molecule has 0 aromatic heterocycles. The van der Waals surface area contributed by atoms with Gasteiger partial charge in [-0.1, -0.05) is 19.1 Å². The van der Waals surface area contributed by atoms with E-state index >= 15 is 0 Å². The molecule has 1 N–H and O–H groups in total. The van der Waals surface area contributed by atoms with E-state index in [9.17, 15) is 8.42 Å². The van der Waals surface area contributed by atoms with Crippen LogP contribution in [-0.4, -0.2) is 39.4 Å². The van der Waals surface area contributed by atoms with Gasteiger partial charge >= 0.3 is 0 Å². The van der Waals surface area contributed by atoms with Crippen molar-refractivity contribution in [1.29, 1.82) is 0 Å². The van der Waals surface area contributed by atoms with Gasteiger partial charge in [-0.25, -0.2) is 8.42 Å². The molecule has 1 aromatic carbocycles. The molecule has 112 valence electrons. The maximum absolute atomic E-state index is 12.5. The molecule has 1 heterocycles. The second-order valence-corrected chi connectivity index (χ2v) is 7.55. The summed E-state index contributed by atoms with van der Waals surface area (Å²) in [7, 11) is -1.36. The van der Waals surface area contributed by atoms with Gasteiger partial charge in [-0.2, -0.15) is 4.31 Å². The Morgan fingerprint density at radius 2 is 2.00 bits per heavy atom. The standard InChI is InChI=1S/C15H24N2O2S/c1-13-9-11-17(12-13)20(18,19)15-7-5-14(6-8-15)4-3-10-16-2/h5-8,13,16H,3-4,9-12H2,1-2H3. The first-order chi connectivity index (χ1) is 9.54. The summed E-state index contributed by atoms with van der Waals surface area (Å²) in [6.07, 6.45) is 3.00. The molecule has 1 atom stereocenters. The lowest BCUT2D eigenvalue weighted by Crippen LogP contribution is -2.28. The van der Waals surface area contributed by atoms with Gasteiger partial charge in [-0.05, 0) is 56.5 Å². The summed E-state index contributed by atoms with van der Waals surface area (Å²) in [6.45, 7) is 4.37. The van der Waals surface area contributed by atoms with Gasteiger partial charge in [0.1, 0.15) is 0 Å². The number of hydrogen-bond donors (Lipinski definition) is 1. The van der Waals surface area contributed by atoms with Crippen LogP contribution >= 0.6 is 0 Å². The first-order valence-electron chi connectivity index (χ1n) is 7.27. The van der Waals surface area contributed by atoms with Crippen LogP contribution in [0.5, 0.6) is 0 Å². The maximum atomic E-state index is 12.5. The Morgan fingerprint density at radius 1 is 1.30 bits per heavy atom. The lowest BCUT2D eigenvalue weighted by atomic mass is 10.1. The van der Waals surface area contributed by atoms with E-state index in [0.717, 1.165) is 25.8 Å². The van der Waals surface area contributed by atoms with Crippen LogP contribution in [0.25, 0.3) is 0 Å². The van der Waals surface area contributed by atoms with Crippen molar-refractivity contribution < 1.29 is 8.42 Å². The molecule has 0 amide bonds. The fourth-order valence-electron chi connectivity index (χ4n) is 2.56. The normalized spacial score (nSPS) is 20.4. The number of benzene rings is 1. The third-order valence-electron chi connectivity index (χ3n) is 3.84. The van der Waals surface area contributed by atoms with Gasteiger partial charge in [-0.3, -0.25) is 0 Å². The Kier molecular flexibility index (Phi) is 5.18. The van der Waals surface area contributed by atoms with Crippen LogP contribution in [0.2, 0.25) is 0 Å². The minimum Gasteiger partial charge on any atom is -0.320 e. The fraction of sp³-hybridized carbons (Fsp3) is 0.600. The van der Waals surface area contributed by atoms with Gasteiger partial charge in [0.15, 0.2) is 0 Å². The van der Waals surface area contributed by atoms with Gasteiger partial charge < -0.3 is 5.32 Å². The molecule has 0 bridgehead atoms. The van der Waals surface area contributed by atoms with Gasteiger partial charge in [0, 0.05) is 13.1 Å². The highest BCUT2D eigenvalue weighted by molar-refractivity contribution is 7.89. The molecular formula is C15H24N2O2S. The molecular weight excluding hydrogens is 272 g/mol. The van der Waals surface area contributed by atoms with Gasteiger partial charge in [0.05, 0.1) is 4.90 Å². The lowest BCUT2D eigenvalue weighted by Gasteiger charge is -2.16. The Bertz CT molecular complexity index is 525. The topological polar surface area (TPSA) is 49.4 Å². The zero-order chi connectivity index (χ0) is 14.6. The molecule has 1 aliphatic rings. The van der Waals surface area contributed by atoms with Gasteiger partial charge in [-0.15, -0.1) is 0 Å². The monoisotopic (exact) mass is 296 g/mol. The summed E-state index contributed by atoms with van der Waals surface area (Å²) in [4.78, 5) is 0.420. The average molecular weight is 296 g/mol. The van der Waals surface area contributed by atoms with E-state index in [1.165, 1.54) is 5.56 Å². The van der Waals surface area contributed by atoms with Crippen molar-refractivity contribution in [2.45, 2.75) is 31.1 Å². The second kappa shape index (κ2) is 6.70. The van der Waals surface area contributed by atoms with Crippen molar-refractivity contribution in [3.63, 3.8) is 0 Å². The highest BCUT2D eigenvalue weighted by atomic mass is 32.2. The lowest BCUT2D eigenvalue weighted by molar-refractivity contribution is 0.464. The second-order valence-electron chi connectivity index (χ2n) is 5.61. The molecule has 5 heteroatoms. The molecule has 0 aliphatic carbocycles. The van der Waals surface area contributed by atoms with E-state index in [4.69, 9.17) is 0 Å². The minimum absolute atomic E-state index is 0.420. The van der Waals surface area contributed by atoms with Crippen LogP contribution in [0.1, 0.15) is 25.3 Å². The molecule has 1 saturated heterocycles. The first-order valence-corrected chi connectivity index (χ1v) is 8.71. The largest absolute Gasteiger partial charge is 0.320 e. The van der Waals surface area contributed by atoms with Crippen molar-refractivity contribution in [1.82, 2.24) is 9.62 Å². The van der Waals surface area contributed by atoms with E-state index in [1.807, 2.05) is 19.2 Å². The Labute approximate surface area is 122 Å². The Hall–Kier alpha value is -0.910. The molecule has 0 saturated carbocycles. The first kappa shape index (κ1) is 15.5. The minimum atomic E-state index is -3.29. The number of aryl methyl sites for hydroxylation is 1. The average Bonchev–Trinajstić information content (AvgIpc) is 2.87. The SMILES string of the molecule is CNCCCc1ccc(S(=O)(=O)N2CCC(C)C2)cc1. The smallest absolute Gasteiger partial charge is 0.243 e. The number of sulfonamides is 1. The van der Waals surface area contributed by atoms with Gasteiger partial charge in [0.25, 0.3) is 0 Å². The predicted molar refractivity (Wildman–Crippen MR) is 81.2 cm³/mol. The van der Waals surface area contributed by atoms with Crippen molar-refractivity contribution in [2.24, 2.45) is 5.92 Å². The van der Waals surface area contributed by atoms with Crippen LogP contribution in [0.15, 0.2) is 29.2 Å². The van der Waals surface area contributed by atoms with Crippen LogP contribution in [-0.2, 0) is 16.4 Å². The summed E-state index contributed by atoms with van der Waals surface area (Å²) in [5.74, 6) is 0.464. The van der Waals surface area contributed by atoms with Crippen LogP contribution in [0.3, 0.4) is 0 Å². The Balaban J connectivity index is 2.05. The summed E-state index contributed by atoms with van der Waals surface area (Å²) < 4.78 is 26.5. The van der Waals surface area contributed by atoms with E-state index in [2.05, 4.69) is 12.2 Å². The van der Waals surface area contributed by atoms with Crippen molar-refractivity contribution >= 4 is 10.0 Å². The molecule has 1 unspecified atom stereocenters. The molecule has 2 rings (SSSR count). The van der Waals surface area contributed by atoms with Crippen molar-refractivity contribution in [3.05, 3.63) is 29.8 Å². The quantitative estimate of drug-likeness (QED) is 0.815. The molecule has 1 fully saturated rings. The van der Waals surface area contributed by atoms with Crippen LogP contribution in [0.4, 0.5) is 0 Å². The predicted octanol–water partition coefficient (Wildman–Crippen LogP) is 1.87. The summed E-state index contributed by atoms with van der Waals surface area (Å²) in [5, 5.41) is 3.11. The van der Waals surface area contributed by atoms with Crippen LogP contribution < -0.4 is 5.32 Å². The third-order valence-corrected chi connectivity index (χ3v) is 5.72. The van der Waals surface area contributed by atoms with E-state index in [1.54, 1.807) is 16.4 Å². The summed E-state index contributed by atoms with van der Waals surface area (Å²) in [5.41, 5.74) is 1.19. The van der Waals surface area contributed by atoms with Gasteiger partial charge in [0.2, 0.25) is 10.0 Å². The number of nitrogens with one attached hydrogen (secondary N) is 1. The summed E-state index contributed by atoms with van der Waals surface area (Å²) >= 11 is 0. The van der Waals surface area contributed by atoms with E-state index < -0.39 is 10.0 Å². The molecule has 1 aliphatic heterocycles. The molecule has 4 nitrogen and oxygen atoms in total. The number of nitrogens with zero attached hydrogens (tertiary/aromatic N) is 1. The number of rotatable bonds is 6. The van der Waals surface area contributed by atoms with E-state index in [-0.39, 0.29) is 0 Å². The maximum Gasteiger partial charge on any atom is 0.243 e. The molecule has 1 aromatic rings. The zero-order valence-corrected chi connectivity index (χ0v) is 13.1. The zero-order valence-electron chi connectivity index (χ0n) is 12.3. The molecule has 0 radical (unpaired) electrons.